The fourth-order valence-corrected chi connectivity index (χ4v) is 3.15. The minimum Gasteiger partial charge on any atom is -0.507 e. The number of hydrogen-bond acceptors (Lipinski definition) is 10. The highest BCUT2D eigenvalue weighted by Gasteiger charge is 2.15. The Balaban J connectivity index is 2.14. The summed E-state index contributed by atoms with van der Waals surface area (Å²) >= 11 is 0. The van der Waals surface area contributed by atoms with Gasteiger partial charge < -0.3 is 20.8 Å². The van der Waals surface area contributed by atoms with Crippen LogP contribution in [0.5, 0.6) is 11.5 Å². The first-order chi connectivity index (χ1) is 15.7. The first-order valence-corrected chi connectivity index (χ1v) is 12.5. The third-order valence-corrected chi connectivity index (χ3v) is 5.46. The molecule has 16 heteroatoms. The molecule has 0 aromatic heterocycles. The van der Waals surface area contributed by atoms with Gasteiger partial charge in [-0.3, -0.25) is 18.7 Å². The van der Waals surface area contributed by atoms with Gasteiger partial charge in [0.25, 0.3) is 32.1 Å². The second-order valence-corrected chi connectivity index (χ2v) is 9.83. The predicted octanol–water partition coefficient (Wildman–Crippen LogP) is 0.748. The Morgan fingerprint density at radius 1 is 0.706 bits per heavy atom. The molecule has 0 aliphatic rings. The van der Waals surface area contributed by atoms with E-state index in [0.717, 1.165) is 24.3 Å². The van der Waals surface area contributed by atoms with Crippen molar-refractivity contribution in [2.75, 3.05) is 24.6 Å². The van der Waals surface area contributed by atoms with Gasteiger partial charge in [0, 0.05) is 13.1 Å². The van der Waals surface area contributed by atoms with Crippen molar-refractivity contribution in [1.82, 2.24) is 10.6 Å². The van der Waals surface area contributed by atoms with Gasteiger partial charge in [0.1, 0.15) is 11.5 Å². The van der Waals surface area contributed by atoms with Crippen LogP contribution in [0.1, 0.15) is 20.7 Å². The molecular formula is C18H20N4O10S2. The van der Waals surface area contributed by atoms with E-state index in [2.05, 4.69) is 20.9 Å². The van der Waals surface area contributed by atoms with E-state index in [-0.39, 0.29) is 22.5 Å². The molecule has 184 valence electrons. The van der Waals surface area contributed by atoms with Gasteiger partial charge in [-0.25, -0.2) is 0 Å². The number of azo groups is 1. The lowest BCUT2D eigenvalue weighted by Gasteiger charge is -2.07. The summed E-state index contributed by atoms with van der Waals surface area (Å²) in [5, 5.41) is 31.9. The number of carbonyl (C=O) groups excluding carboxylic acids is 2. The summed E-state index contributed by atoms with van der Waals surface area (Å²) in [5.74, 6) is -3.93. The number of aromatic hydroxyl groups is 2. The van der Waals surface area contributed by atoms with Crippen LogP contribution in [0, 0.1) is 0 Å². The summed E-state index contributed by atoms with van der Waals surface area (Å²) in [5.41, 5.74) is -0.275. The molecule has 0 radical (unpaired) electrons. The van der Waals surface area contributed by atoms with Crippen LogP contribution in [0.3, 0.4) is 0 Å². The molecule has 2 amide bonds. The average Bonchev–Trinajstić information content (AvgIpc) is 2.72. The van der Waals surface area contributed by atoms with Crippen molar-refractivity contribution in [2.24, 2.45) is 10.2 Å². The number of rotatable bonds is 10. The zero-order chi connectivity index (χ0) is 25.5. The fourth-order valence-electron chi connectivity index (χ4n) is 2.43. The SMILES string of the molecule is O=C(NCCS(=O)(=O)O)c1cc(N=Nc2ccc(O)c(C(=O)NCCS(=O)(=O)O)c2)ccc1O. The summed E-state index contributed by atoms with van der Waals surface area (Å²) in [4.78, 5) is 24.3. The number of phenolic OH excluding ortho intramolecular Hbond substituents is 2. The zero-order valence-electron chi connectivity index (χ0n) is 17.2. The van der Waals surface area contributed by atoms with Crippen LogP contribution in [0.2, 0.25) is 0 Å². The predicted molar refractivity (Wildman–Crippen MR) is 118 cm³/mol. The van der Waals surface area contributed by atoms with Crippen molar-refractivity contribution in [2.45, 2.75) is 0 Å². The first-order valence-electron chi connectivity index (χ1n) is 9.30. The van der Waals surface area contributed by atoms with Crippen molar-refractivity contribution in [3.05, 3.63) is 47.5 Å². The molecule has 0 saturated heterocycles. The maximum absolute atomic E-state index is 12.1. The lowest BCUT2D eigenvalue weighted by atomic mass is 10.1. The van der Waals surface area contributed by atoms with Crippen molar-refractivity contribution in [3.8, 4) is 11.5 Å². The Morgan fingerprint density at radius 2 is 1.06 bits per heavy atom. The zero-order valence-corrected chi connectivity index (χ0v) is 18.9. The van der Waals surface area contributed by atoms with E-state index in [1.165, 1.54) is 12.1 Å². The summed E-state index contributed by atoms with van der Waals surface area (Å²) < 4.78 is 60.3. The molecule has 0 fully saturated rings. The standard InChI is InChI=1S/C18H20N4O10S2/c23-15-3-1-11(9-13(15)17(25)19-5-7-33(27,28)29)21-22-12-2-4-16(24)14(10-12)18(26)20-6-8-34(30,31)32/h1-4,9-10,23-24H,5-8H2,(H,19,25)(H,20,26)(H,27,28,29)(H,30,31,32). The third kappa shape index (κ3) is 8.74. The van der Waals surface area contributed by atoms with Crippen LogP contribution in [0.25, 0.3) is 0 Å². The number of nitrogens with zero attached hydrogens (tertiary/aromatic N) is 2. The monoisotopic (exact) mass is 516 g/mol. The van der Waals surface area contributed by atoms with Gasteiger partial charge in [0.2, 0.25) is 0 Å². The molecule has 34 heavy (non-hydrogen) atoms. The second kappa shape index (κ2) is 11.0. The smallest absolute Gasteiger partial charge is 0.266 e. The number of benzene rings is 2. The molecule has 0 heterocycles. The maximum atomic E-state index is 12.1. The van der Waals surface area contributed by atoms with Crippen LogP contribution >= 0.6 is 0 Å². The lowest BCUT2D eigenvalue weighted by molar-refractivity contribution is 0.0944. The minimum absolute atomic E-state index is 0.102. The van der Waals surface area contributed by atoms with Crippen LogP contribution in [0.15, 0.2) is 46.6 Å². The number of amides is 2. The highest BCUT2D eigenvalue weighted by atomic mass is 32.2. The van der Waals surface area contributed by atoms with Gasteiger partial charge >= 0.3 is 0 Å². The van der Waals surface area contributed by atoms with Gasteiger partial charge in [-0.05, 0) is 36.4 Å². The van der Waals surface area contributed by atoms with E-state index in [0.29, 0.717) is 0 Å². The Labute approximate surface area is 193 Å². The average molecular weight is 517 g/mol. The van der Waals surface area contributed by atoms with Gasteiger partial charge in [-0.15, -0.1) is 0 Å². The van der Waals surface area contributed by atoms with Crippen LogP contribution < -0.4 is 10.6 Å². The molecule has 2 rings (SSSR count). The topological polar surface area (TPSA) is 232 Å². The Hall–Kier alpha value is -3.60. The Bertz CT molecular complexity index is 1220. The second-order valence-electron chi connectivity index (χ2n) is 6.69. The fraction of sp³-hybridized carbons (Fsp3) is 0.222. The quantitative estimate of drug-likeness (QED) is 0.191. The van der Waals surface area contributed by atoms with Crippen molar-refractivity contribution in [1.29, 1.82) is 0 Å². The van der Waals surface area contributed by atoms with E-state index in [9.17, 15) is 36.6 Å². The number of hydrogen-bond donors (Lipinski definition) is 6. The third-order valence-electron chi connectivity index (χ3n) is 4.02. The van der Waals surface area contributed by atoms with Gasteiger partial charge in [-0.2, -0.15) is 27.1 Å². The van der Waals surface area contributed by atoms with E-state index >= 15 is 0 Å². The molecule has 0 aliphatic heterocycles. The van der Waals surface area contributed by atoms with E-state index < -0.39 is 68.1 Å². The van der Waals surface area contributed by atoms with Gasteiger partial charge in [0.15, 0.2) is 0 Å². The Morgan fingerprint density at radius 3 is 1.38 bits per heavy atom. The minimum atomic E-state index is -4.28. The highest BCUT2D eigenvalue weighted by Crippen LogP contribution is 2.27. The van der Waals surface area contributed by atoms with Crippen molar-refractivity contribution < 1.29 is 45.7 Å². The molecule has 0 bridgehead atoms. The van der Waals surface area contributed by atoms with Crippen LogP contribution in [-0.2, 0) is 20.2 Å². The molecular weight excluding hydrogens is 496 g/mol. The molecule has 0 spiro atoms. The molecule has 0 unspecified atom stereocenters. The summed E-state index contributed by atoms with van der Waals surface area (Å²) in [6.07, 6.45) is 0. The molecule has 0 atom stereocenters. The molecule has 6 N–H and O–H groups in total. The van der Waals surface area contributed by atoms with Crippen LogP contribution in [0.4, 0.5) is 11.4 Å². The van der Waals surface area contributed by atoms with E-state index in [1.54, 1.807) is 0 Å². The molecule has 2 aromatic rings. The summed E-state index contributed by atoms with van der Waals surface area (Å²) in [6.45, 7) is -0.795. The highest BCUT2D eigenvalue weighted by molar-refractivity contribution is 7.86. The Kier molecular flexibility index (Phi) is 8.63. The summed E-state index contributed by atoms with van der Waals surface area (Å²) in [7, 11) is -8.56. The van der Waals surface area contributed by atoms with Gasteiger partial charge in [-0.1, -0.05) is 0 Å². The van der Waals surface area contributed by atoms with Crippen molar-refractivity contribution in [3.63, 3.8) is 0 Å². The largest absolute Gasteiger partial charge is 0.507 e. The number of carbonyl (C=O) groups is 2. The normalized spacial score (nSPS) is 11.9. The van der Waals surface area contributed by atoms with Crippen molar-refractivity contribution >= 4 is 43.4 Å². The maximum Gasteiger partial charge on any atom is 0.266 e. The van der Waals surface area contributed by atoms with E-state index in [1.807, 2.05) is 0 Å². The molecule has 14 nitrogen and oxygen atoms in total. The number of nitrogens with one attached hydrogen (secondary N) is 2. The molecule has 0 aliphatic carbocycles. The van der Waals surface area contributed by atoms with Crippen LogP contribution in [-0.4, -0.2) is 72.6 Å². The van der Waals surface area contributed by atoms with Gasteiger partial charge in [0.05, 0.1) is 34.0 Å². The summed E-state index contributed by atoms with van der Waals surface area (Å²) in [6, 6.07) is 7.25. The first kappa shape index (κ1) is 26.7. The lowest BCUT2D eigenvalue weighted by Crippen LogP contribution is -2.28. The molecule has 2 aromatic carbocycles. The number of phenols is 2. The molecule has 0 saturated carbocycles. The van der Waals surface area contributed by atoms with E-state index in [4.69, 9.17) is 9.11 Å².